The van der Waals surface area contributed by atoms with E-state index in [0.717, 1.165) is 54.4 Å². The summed E-state index contributed by atoms with van der Waals surface area (Å²) in [6, 6.07) is 13.8. The van der Waals surface area contributed by atoms with Crippen LogP contribution in [0.25, 0.3) is 17.2 Å². The summed E-state index contributed by atoms with van der Waals surface area (Å²) in [6.45, 7) is 3.52. The number of nitrogens with one attached hydrogen (secondary N) is 1. The van der Waals surface area contributed by atoms with Crippen molar-refractivity contribution in [1.82, 2.24) is 19.4 Å². The molecule has 4 heterocycles. The molecule has 0 saturated heterocycles. The fourth-order valence-electron chi connectivity index (χ4n) is 4.45. The summed E-state index contributed by atoms with van der Waals surface area (Å²) >= 11 is 0. The molecule has 1 aliphatic heterocycles. The summed E-state index contributed by atoms with van der Waals surface area (Å²) in [4.78, 5) is 28.7. The van der Waals surface area contributed by atoms with Crippen molar-refractivity contribution in [2.45, 2.75) is 32.7 Å². The van der Waals surface area contributed by atoms with Gasteiger partial charge in [-0.2, -0.15) is 0 Å². The highest BCUT2D eigenvalue weighted by Gasteiger charge is 2.24. The van der Waals surface area contributed by atoms with E-state index in [0.29, 0.717) is 23.6 Å². The van der Waals surface area contributed by atoms with Gasteiger partial charge in [0.15, 0.2) is 5.82 Å². The lowest BCUT2D eigenvalue weighted by molar-refractivity contribution is 0.100. The number of rotatable bonds is 5. The third-order valence-electron chi connectivity index (χ3n) is 6.12. The second-order valence-corrected chi connectivity index (χ2v) is 8.44. The number of imidazole rings is 1. The minimum absolute atomic E-state index is 0.376. The van der Waals surface area contributed by atoms with Crippen molar-refractivity contribution in [3.05, 3.63) is 71.0 Å². The molecule has 8 heteroatoms. The predicted molar refractivity (Wildman–Crippen MR) is 129 cm³/mol. The second kappa shape index (κ2) is 8.54. The van der Waals surface area contributed by atoms with Crippen LogP contribution in [0.2, 0.25) is 0 Å². The van der Waals surface area contributed by atoms with E-state index < -0.39 is 5.91 Å². The van der Waals surface area contributed by atoms with Crippen LogP contribution in [0.15, 0.2) is 48.7 Å². The number of anilines is 2. The van der Waals surface area contributed by atoms with Gasteiger partial charge in [0, 0.05) is 31.9 Å². The lowest BCUT2D eigenvalue weighted by Crippen LogP contribution is -2.21. The first-order chi connectivity index (χ1) is 16.0. The van der Waals surface area contributed by atoms with Gasteiger partial charge in [-0.05, 0) is 43.9 Å². The number of nitrogens with two attached hydrogens (primary N) is 1. The number of carbonyl (C=O) groups is 1. The molecule has 1 aromatic carbocycles. The molecule has 8 nitrogen and oxygen atoms in total. The number of hydrogen-bond acceptors (Lipinski definition) is 6. The smallest absolute Gasteiger partial charge is 0.252 e. The van der Waals surface area contributed by atoms with Gasteiger partial charge in [-0.3, -0.25) is 9.20 Å². The highest BCUT2D eigenvalue weighted by Crippen LogP contribution is 2.33. The lowest BCUT2D eigenvalue weighted by atomic mass is 10.1. The molecule has 33 heavy (non-hydrogen) atoms. The Hall–Kier alpha value is -3.94. The fraction of sp³-hybridized carbons (Fsp3) is 0.280. The second-order valence-electron chi connectivity index (χ2n) is 8.44. The number of aromatic nitrogens is 4. The van der Waals surface area contributed by atoms with E-state index in [2.05, 4.69) is 34.4 Å². The van der Waals surface area contributed by atoms with Gasteiger partial charge in [-0.25, -0.2) is 15.0 Å². The maximum atomic E-state index is 11.9. The number of hydrogen-bond donors (Lipinski definition) is 2. The SMILES string of the molecule is Cc1nc2c(C(N)=O)cccn2c1-c1nc(NCc2ccccc2)c2c(n1)N(C)CCCC2. The normalized spacial score (nSPS) is 13.6. The highest BCUT2D eigenvalue weighted by molar-refractivity contribution is 5.99. The van der Waals surface area contributed by atoms with Gasteiger partial charge < -0.3 is 16.0 Å². The average Bonchev–Trinajstić information content (AvgIpc) is 3.04. The number of pyridine rings is 1. The molecule has 4 aromatic rings. The van der Waals surface area contributed by atoms with Crippen LogP contribution in [0.5, 0.6) is 0 Å². The fourth-order valence-corrected chi connectivity index (χ4v) is 4.45. The number of carbonyl (C=O) groups excluding carboxylic acids is 1. The first kappa shape index (κ1) is 20.9. The standard InChI is InChI=1S/C25H27N7O/c1-16-20(32-14-8-12-18(21(26)33)25(32)28-16)23-29-22(27-15-17-9-4-3-5-10-17)19-11-6-7-13-31(2)24(19)30-23/h3-5,8-10,12,14H,6-7,11,13,15H2,1-2H3,(H2,26,33)(H,27,29,30). The van der Waals surface area contributed by atoms with Crippen molar-refractivity contribution in [3.63, 3.8) is 0 Å². The van der Waals surface area contributed by atoms with Crippen molar-refractivity contribution in [2.75, 3.05) is 23.8 Å². The maximum Gasteiger partial charge on any atom is 0.252 e. The number of aryl methyl sites for hydroxylation is 1. The van der Waals surface area contributed by atoms with Gasteiger partial charge in [0.25, 0.3) is 5.91 Å². The van der Waals surface area contributed by atoms with E-state index in [1.54, 1.807) is 12.1 Å². The molecule has 168 valence electrons. The number of nitrogens with zero attached hydrogens (tertiary/aromatic N) is 5. The Morgan fingerprint density at radius 2 is 1.91 bits per heavy atom. The zero-order chi connectivity index (χ0) is 22.9. The summed E-state index contributed by atoms with van der Waals surface area (Å²) in [5, 5.41) is 3.56. The molecule has 0 spiro atoms. The zero-order valence-electron chi connectivity index (χ0n) is 18.9. The van der Waals surface area contributed by atoms with Gasteiger partial charge in [-0.15, -0.1) is 0 Å². The minimum Gasteiger partial charge on any atom is -0.366 e. The van der Waals surface area contributed by atoms with Crippen LogP contribution in [-0.2, 0) is 13.0 Å². The molecule has 0 radical (unpaired) electrons. The van der Waals surface area contributed by atoms with Crippen LogP contribution in [-0.4, -0.2) is 38.9 Å². The monoisotopic (exact) mass is 441 g/mol. The summed E-state index contributed by atoms with van der Waals surface area (Å²) < 4.78 is 1.86. The minimum atomic E-state index is -0.509. The molecular formula is C25H27N7O. The van der Waals surface area contributed by atoms with E-state index in [1.165, 1.54) is 5.56 Å². The topological polar surface area (TPSA) is 101 Å². The Morgan fingerprint density at radius 3 is 2.70 bits per heavy atom. The first-order valence-corrected chi connectivity index (χ1v) is 11.2. The molecule has 1 amide bonds. The summed E-state index contributed by atoms with van der Waals surface area (Å²) in [6.07, 6.45) is 5.00. The Labute approximate surface area is 192 Å². The Balaban J connectivity index is 1.66. The third kappa shape index (κ3) is 3.88. The van der Waals surface area contributed by atoms with Crippen molar-refractivity contribution in [1.29, 1.82) is 0 Å². The highest BCUT2D eigenvalue weighted by atomic mass is 16.1. The van der Waals surface area contributed by atoms with Crippen molar-refractivity contribution >= 4 is 23.2 Å². The molecular weight excluding hydrogens is 414 g/mol. The van der Waals surface area contributed by atoms with Crippen LogP contribution >= 0.6 is 0 Å². The molecule has 0 saturated carbocycles. The summed E-state index contributed by atoms with van der Waals surface area (Å²) in [5.41, 5.74) is 10.3. The Bertz CT molecular complexity index is 1330. The average molecular weight is 442 g/mol. The Morgan fingerprint density at radius 1 is 1.09 bits per heavy atom. The molecule has 0 bridgehead atoms. The van der Waals surface area contributed by atoms with Gasteiger partial charge in [0.2, 0.25) is 0 Å². The number of fused-ring (bicyclic) bond motifs is 2. The molecule has 3 aromatic heterocycles. The molecule has 3 N–H and O–H groups in total. The molecule has 0 fully saturated rings. The van der Waals surface area contributed by atoms with Crippen molar-refractivity contribution in [3.8, 4) is 11.5 Å². The van der Waals surface area contributed by atoms with Crippen molar-refractivity contribution < 1.29 is 4.79 Å². The van der Waals surface area contributed by atoms with E-state index in [4.69, 9.17) is 15.7 Å². The molecule has 0 unspecified atom stereocenters. The van der Waals surface area contributed by atoms with Gasteiger partial charge in [0.1, 0.15) is 23.0 Å². The number of primary amides is 1. The van der Waals surface area contributed by atoms with Crippen LogP contribution in [0.3, 0.4) is 0 Å². The van der Waals surface area contributed by atoms with E-state index >= 15 is 0 Å². The van der Waals surface area contributed by atoms with Crippen LogP contribution in [0, 0.1) is 6.92 Å². The van der Waals surface area contributed by atoms with Crippen LogP contribution in [0.4, 0.5) is 11.6 Å². The predicted octanol–water partition coefficient (Wildman–Crippen LogP) is 3.58. The number of amides is 1. The molecule has 0 aliphatic carbocycles. The third-order valence-corrected chi connectivity index (χ3v) is 6.12. The largest absolute Gasteiger partial charge is 0.366 e. The zero-order valence-corrected chi connectivity index (χ0v) is 18.9. The molecule has 1 aliphatic rings. The number of benzene rings is 1. The van der Waals surface area contributed by atoms with E-state index in [-0.39, 0.29) is 0 Å². The van der Waals surface area contributed by atoms with E-state index in [1.807, 2.05) is 35.7 Å². The van der Waals surface area contributed by atoms with E-state index in [9.17, 15) is 4.79 Å². The Kier molecular flexibility index (Phi) is 5.42. The lowest BCUT2D eigenvalue weighted by Gasteiger charge is -2.21. The molecule has 5 rings (SSSR count). The summed E-state index contributed by atoms with van der Waals surface area (Å²) in [7, 11) is 2.08. The van der Waals surface area contributed by atoms with Crippen LogP contribution in [0.1, 0.15) is 40.0 Å². The van der Waals surface area contributed by atoms with Crippen LogP contribution < -0.4 is 16.0 Å². The summed E-state index contributed by atoms with van der Waals surface area (Å²) in [5.74, 6) is 1.84. The molecule has 0 atom stereocenters. The maximum absolute atomic E-state index is 11.9. The van der Waals surface area contributed by atoms with Gasteiger partial charge >= 0.3 is 0 Å². The quantitative estimate of drug-likeness (QED) is 0.491. The van der Waals surface area contributed by atoms with Gasteiger partial charge in [-0.1, -0.05) is 30.3 Å². The van der Waals surface area contributed by atoms with Crippen molar-refractivity contribution in [2.24, 2.45) is 5.73 Å². The first-order valence-electron chi connectivity index (χ1n) is 11.2. The van der Waals surface area contributed by atoms with Gasteiger partial charge in [0.05, 0.1) is 11.3 Å².